The van der Waals surface area contributed by atoms with Crippen LogP contribution < -0.4 is 4.57 Å². The van der Waals surface area contributed by atoms with E-state index in [2.05, 4.69) is 50.8 Å². The maximum atomic E-state index is 2.35. The molecule has 2 heterocycles. The molecule has 0 aliphatic rings. The van der Waals surface area contributed by atoms with Crippen LogP contribution in [0.15, 0.2) is 11.4 Å². The molecule has 0 aliphatic carbocycles. The van der Waals surface area contributed by atoms with Crippen molar-refractivity contribution in [2.24, 2.45) is 7.05 Å². The molecule has 0 fully saturated rings. The van der Waals surface area contributed by atoms with Crippen molar-refractivity contribution in [2.45, 2.75) is 33.6 Å². The van der Waals surface area contributed by atoms with Gasteiger partial charge >= 0.3 is 0 Å². The molecule has 0 spiro atoms. The van der Waals surface area contributed by atoms with Crippen molar-refractivity contribution in [2.75, 3.05) is 0 Å². The van der Waals surface area contributed by atoms with Crippen LogP contribution in [0.2, 0.25) is 0 Å². The van der Waals surface area contributed by atoms with Gasteiger partial charge in [-0.15, -0.1) is 11.3 Å². The molecule has 2 aromatic heterocycles. The summed E-state index contributed by atoms with van der Waals surface area (Å²) in [5, 5.41) is 3.62. The second kappa shape index (κ2) is 3.60. The minimum absolute atomic E-state index is 0.581. The average Bonchev–Trinajstić information content (AvgIpc) is 2.62. The zero-order valence-corrected chi connectivity index (χ0v) is 10.9. The molecule has 0 radical (unpaired) electrons. The van der Waals surface area contributed by atoms with Crippen molar-refractivity contribution in [3.05, 3.63) is 28.4 Å². The van der Waals surface area contributed by atoms with Crippen LogP contribution in [-0.2, 0) is 7.05 Å². The summed E-state index contributed by atoms with van der Waals surface area (Å²) in [7, 11) is 2.18. The number of rotatable bonds is 1. The fourth-order valence-corrected chi connectivity index (χ4v) is 3.42. The molecule has 0 atom stereocenters. The topological polar surface area (TPSA) is 3.88 Å². The maximum Gasteiger partial charge on any atom is 0.196 e. The van der Waals surface area contributed by atoms with E-state index in [1.807, 2.05) is 11.3 Å². The average molecular weight is 220 g/mol. The second-order valence-corrected chi connectivity index (χ2v) is 5.39. The Balaban J connectivity index is 2.92. The quantitative estimate of drug-likeness (QED) is 0.648. The molecule has 0 aromatic carbocycles. The molecule has 0 saturated heterocycles. The van der Waals surface area contributed by atoms with Crippen LogP contribution in [-0.4, -0.2) is 0 Å². The Morgan fingerprint density at radius 3 is 2.53 bits per heavy atom. The number of aromatic nitrogens is 1. The van der Waals surface area contributed by atoms with E-state index < -0.39 is 0 Å². The van der Waals surface area contributed by atoms with Gasteiger partial charge in [-0.2, -0.15) is 0 Å². The molecule has 0 saturated carbocycles. The lowest BCUT2D eigenvalue weighted by molar-refractivity contribution is -0.685. The smallest absolute Gasteiger partial charge is 0.196 e. The van der Waals surface area contributed by atoms with Crippen LogP contribution in [0.1, 0.15) is 36.7 Å². The Kier molecular flexibility index (Phi) is 2.55. The van der Waals surface area contributed by atoms with E-state index in [1.165, 1.54) is 27.0 Å². The predicted octanol–water partition coefficient (Wildman–Crippen LogP) is 3.47. The van der Waals surface area contributed by atoms with Crippen LogP contribution in [0.3, 0.4) is 0 Å². The first-order valence-corrected chi connectivity index (χ1v) is 6.28. The fraction of sp³-hybridized carbons (Fsp3) is 0.462. The molecule has 0 amide bonds. The summed E-state index contributed by atoms with van der Waals surface area (Å²) < 4.78 is 3.78. The monoisotopic (exact) mass is 220 g/mol. The van der Waals surface area contributed by atoms with Gasteiger partial charge in [0.2, 0.25) is 0 Å². The molecule has 15 heavy (non-hydrogen) atoms. The van der Waals surface area contributed by atoms with Gasteiger partial charge < -0.3 is 0 Å². The Labute approximate surface area is 95.4 Å². The van der Waals surface area contributed by atoms with Crippen molar-refractivity contribution < 1.29 is 4.57 Å². The molecule has 2 aromatic rings. The molecule has 80 valence electrons. The van der Waals surface area contributed by atoms with Crippen molar-refractivity contribution in [1.82, 2.24) is 0 Å². The number of nitrogens with zero attached hydrogens (tertiary/aromatic N) is 1. The van der Waals surface area contributed by atoms with Crippen molar-refractivity contribution in [3.63, 3.8) is 0 Å². The number of fused-ring (bicyclic) bond motifs is 1. The molecule has 0 unspecified atom stereocenters. The maximum absolute atomic E-state index is 2.35. The predicted molar refractivity (Wildman–Crippen MR) is 66.6 cm³/mol. The first-order chi connectivity index (χ1) is 7.04. The van der Waals surface area contributed by atoms with Crippen LogP contribution in [0.5, 0.6) is 0 Å². The summed E-state index contributed by atoms with van der Waals surface area (Å²) in [6.07, 6.45) is 0. The Hall–Kier alpha value is -0.890. The standard InChI is InChI=1S/C13H18NS/c1-8(2)12-9(3)11-6-7-15-13(11)10(4)14(12)5/h6-8H,1-5H3/q+1. The molecule has 1 nitrogen and oxygen atoms in total. The highest BCUT2D eigenvalue weighted by Crippen LogP contribution is 2.29. The summed E-state index contributed by atoms with van der Waals surface area (Å²) in [6.45, 7) is 8.98. The van der Waals surface area contributed by atoms with Gasteiger partial charge in [0, 0.05) is 23.8 Å². The highest BCUT2D eigenvalue weighted by Gasteiger charge is 2.21. The Morgan fingerprint density at radius 2 is 1.93 bits per heavy atom. The largest absolute Gasteiger partial charge is 0.201 e. The van der Waals surface area contributed by atoms with Gasteiger partial charge in [-0.25, -0.2) is 4.57 Å². The van der Waals surface area contributed by atoms with E-state index in [4.69, 9.17) is 0 Å². The molecular formula is C13H18NS+. The molecule has 0 bridgehead atoms. The van der Waals surface area contributed by atoms with Crippen molar-refractivity contribution in [1.29, 1.82) is 0 Å². The third-order valence-electron chi connectivity index (χ3n) is 3.19. The summed E-state index contributed by atoms with van der Waals surface area (Å²) in [4.78, 5) is 0. The second-order valence-electron chi connectivity index (χ2n) is 4.47. The van der Waals surface area contributed by atoms with Gasteiger partial charge in [-0.3, -0.25) is 0 Å². The van der Waals surface area contributed by atoms with Crippen LogP contribution in [0.25, 0.3) is 10.1 Å². The third-order valence-corrected chi connectivity index (χ3v) is 4.22. The van der Waals surface area contributed by atoms with Crippen LogP contribution >= 0.6 is 11.3 Å². The zero-order valence-electron chi connectivity index (χ0n) is 10.1. The highest BCUT2D eigenvalue weighted by molar-refractivity contribution is 7.17. The lowest BCUT2D eigenvalue weighted by Gasteiger charge is -2.10. The fourth-order valence-electron chi connectivity index (χ4n) is 2.43. The van der Waals surface area contributed by atoms with E-state index in [1.54, 1.807) is 0 Å². The van der Waals surface area contributed by atoms with Crippen LogP contribution in [0.4, 0.5) is 0 Å². The summed E-state index contributed by atoms with van der Waals surface area (Å²) in [5.74, 6) is 0.581. The van der Waals surface area contributed by atoms with Gasteiger partial charge in [-0.1, -0.05) is 13.8 Å². The Morgan fingerprint density at radius 1 is 1.27 bits per heavy atom. The molecule has 0 aliphatic heterocycles. The zero-order chi connectivity index (χ0) is 11.2. The van der Waals surface area contributed by atoms with E-state index in [0.717, 1.165) is 0 Å². The molecule has 2 heteroatoms. The molecular weight excluding hydrogens is 202 g/mol. The molecule has 0 N–H and O–H groups in total. The highest BCUT2D eigenvalue weighted by atomic mass is 32.1. The summed E-state index contributed by atoms with van der Waals surface area (Å²) in [5.41, 5.74) is 4.28. The van der Waals surface area contributed by atoms with Gasteiger partial charge in [0.1, 0.15) is 11.7 Å². The van der Waals surface area contributed by atoms with Gasteiger partial charge in [0.25, 0.3) is 0 Å². The summed E-state index contributed by atoms with van der Waals surface area (Å²) in [6, 6.07) is 2.24. The van der Waals surface area contributed by atoms with E-state index in [-0.39, 0.29) is 0 Å². The van der Waals surface area contributed by atoms with Crippen molar-refractivity contribution >= 4 is 21.4 Å². The van der Waals surface area contributed by atoms with E-state index >= 15 is 0 Å². The number of hydrogen-bond acceptors (Lipinski definition) is 1. The number of aryl methyl sites for hydroxylation is 2. The first-order valence-electron chi connectivity index (χ1n) is 5.40. The first kappa shape index (κ1) is 10.6. The SMILES string of the molecule is Cc1c(C(C)C)[n+](C)c(C)c2sccc12. The van der Waals surface area contributed by atoms with Crippen LogP contribution in [0, 0.1) is 13.8 Å². The van der Waals surface area contributed by atoms with Gasteiger partial charge in [-0.05, 0) is 18.4 Å². The van der Waals surface area contributed by atoms with Crippen molar-refractivity contribution in [3.8, 4) is 0 Å². The van der Waals surface area contributed by atoms with E-state index in [0.29, 0.717) is 5.92 Å². The number of hydrogen-bond donors (Lipinski definition) is 0. The lowest BCUT2D eigenvalue weighted by Crippen LogP contribution is -2.38. The normalized spacial score (nSPS) is 11.6. The minimum atomic E-state index is 0.581. The van der Waals surface area contributed by atoms with Gasteiger partial charge in [0.05, 0.1) is 0 Å². The number of pyridine rings is 1. The van der Waals surface area contributed by atoms with Gasteiger partial charge in [0.15, 0.2) is 11.4 Å². The third kappa shape index (κ3) is 1.48. The summed E-state index contributed by atoms with van der Waals surface area (Å²) >= 11 is 1.84. The lowest BCUT2D eigenvalue weighted by atomic mass is 10.0. The number of thiophene rings is 1. The van der Waals surface area contributed by atoms with E-state index in [9.17, 15) is 0 Å². The minimum Gasteiger partial charge on any atom is -0.201 e. The Bertz CT molecular complexity index is 509. The molecule has 2 rings (SSSR count).